The largest absolute Gasteiger partial charge is 0.497 e. The number of rotatable bonds is 8. The molecule has 0 radical (unpaired) electrons. The van der Waals surface area contributed by atoms with Crippen LogP contribution >= 0.6 is 11.6 Å². The fraction of sp³-hybridized carbons (Fsp3) is 0.238. The van der Waals surface area contributed by atoms with Crippen LogP contribution in [0.25, 0.3) is 5.57 Å². The second kappa shape index (κ2) is 8.98. The van der Waals surface area contributed by atoms with E-state index in [9.17, 15) is 9.59 Å². The summed E-state index contributed by atoms with van der Waals surface area (Å²) in [6.45, 7) is 0.382. The minimum Gasteiger partial charge on any atom is -0.497 e. The first-order valence-electron chi connectivity index (χ1n) is 8.84. The number of halogens is 1. The molecule has 7 nitrogen and oxygen atoms in total. The van der Waals surface area contributed by atoms with E-state index in [0.717, 1.165) is 4.90 Å². The van der Waals surface area contributed by atoms with Crippen LogP contribution in [0.3, 0.4) is 0 Å². The van der Waals surface area contributed by atoms with Gasteiger partial charge in [0.1, 0.15) is 17.2 Å². The van der Waals surface area contributed by atoms with Crippen molar-refractivity contribution < 1.29 is 23.8 Å². The molecule has 0 fully saturated rings. The lowest BCUT2D eigenvalue weighted by Crippen LogP contribution is -2.35. The first-order valence-corrected chi connectivity index (χ1v) is 9.22. The number of hydrogen-bond donors (Lipinski definition) is 1. The molecule has 8 heteroatoms. The molecule has 0 atom stereocenters. The van der Waals surface area contributed by atoms with Crippen LogP contribution in [0.5, 0.6) is 11.5 Å². The number of amides is 2. The van der Waals surface area contributed by atoms with Crippen molar-refractivity contribution >= 4 is 34.7 Å². The minimum atomic E-state index is -0.445. The van der Waals surface area contributed by atoms with Gasteiger partial charge in [0, 0.05) is 12.1 Å². The Morgan fingerprint density at radius 1 is 0.966 bits per heavy atom. The zero-order valence-corrected chi connectivity index (χ0v) is 17.1. The number of anilines is 1. The van der Waals surface area contributed by atoms with Gasteiger partial charge in [-0.25, -0.2) is 0 Å². The van der Waals surface area contributed by atoms with Gasteiger partial charge in [0.25, 0.3) is 11.8 Å². The van der Waals surface area contributed by atoms with Gasteiger partial charge in [0.15, 0.2) is 0 Å². The maximum Gasteiger partial charge on any atom is 0.278 e. The summed E-state index contributed by atoms with van der Waals surface area (Å²) in [5.41, 5.74) is 1.48. The molecule has 1 aliphatic heterocycles. The maximum absolute atomic E-state index is 13.1. The van der Waals surface area contributed by atoms with E-state index in [1.807, 2.05) is 0 Å². The normalized spacial score (nSPS) is 13.9. The number of nitrogens with zero attached hydrogens (tertiary/aromatic N) is 1. The lowest BCUT2D eigenvalue weighted by Gasteiger charge is -2.15. The van der Waals surface area contributed by atoms with E-state index in [-0.39, 0.29) is 24.4 Å². The first kappa shape index (κ1) is 20.7. The van der Waals surface area contributed by atoms with Gasteiger partial charge in [-0.1, -0.05) is 23.7 Å². The number of carbonyl (C=O) groups excluding carboxylic acids is 2. The molecule has 2 aromatic rings. The molecule has 0 saturated carbocycles. The molecule has 1 N–H and O–H groups in total. The van der Waals surface area contributed by atoms with Gasteiger partial charge in [-0.2, -0.15) is 0 Å². The summed E-state index contributed by atoms with van der Waals surface area (Å²) in [6.07, 6.45) is 0. The standard InChI is InChI=1S/C21H21ClN2O5/c1-27-11-10-24-20(25)18(13-4-7-15(28-2)8-5-13)19(21(24)26)23-16-12-14(22)6-9-17(16)29-3/h4-9,12,23H,10-11H2,1-3H3. The first-order chi connectivity index (χ1) is 14.0. The molecular formula is C21H21ClN2O5. The van der Waals surface area contributed by atoms with Crippen molar-refractivity contribution in [2.45, 2.75) is 0 Å². The van der Waals surface area contributed by atoms with Crippen LogP contribution in [-0.2, 0) is 14.3 Å². The van der Waals surface area contributed by atoms with Crippen LogP contribution in [0.1, 0.15) is 5.56 Å². The predicted molar refractivity (Wildman–Crippen MR) is 110 cm³/mol. The Hall–Kier alpha value is -3.03. The van der Waals surface area contributed by atoms with Gasteiger partial charge in [0.2, 0.25) is 0 Å². The average Bonchev–Trinajstić information content (AvgIpc) is 2.96. The number of hydrogen-bond acceptors (Lipinski definition) is 6. The summed E-state index contributed by atoms with van der Waals surface area (Å²) in [7, 11) is 4.59. The Morgan fingerprint density at radius 2 is 1.69 bits per heavy atom. The number of ether oxygens (including phenoxy) is 3. The van der Waals surface area contributed by atoms with Crippen molar-refractivity contribution in [3.8, 4) is 11.5 Å². The van der Waals surface area contributed by atoms with Crippen LogP contribution in [0.2, 0.25) is 5.02 Å². The smallest absolute Gasteiger partial charge is 0.278 e. The summed E-state index contributed by atoms with van der Waals surface area (Å²) in [5, 5.41) is 3.52. The Morgan fingerprint density at radius 3 is 2.31 bits per heavy atom. The van der Waals surface area contributed by atoms with Crippen molar-refractivity contribution in [2.24, 2.45) is 0 Å². The molecule has 1 aliphatic rings. The van der Waals surface area contributed by atoms with E-state index < -0.39 is 11.8 Å². The molecule has 0 bridgehead atoms. The third kappa shape index (κ3) is 4.21. The van der Waals surface area contributed by atoms with Gasteiger partial charge >= 0.3 is 0 Å². The lowest BCUT2D eigenvalue weighted by molar-refractivity contribution is -0.137. The average molecular weight is 417 g/mol. The lowest BCUT2D eigenvalue weighted by atomic mass is 10.0. The molecule has 152 valence electrons. The molecule has 2 amide bonds. The molecular weight excluding hydrogens is 396 g/mol. The SMILES string of the molecule is COCCN1C(=O)C(Nc2cc(Cl)ccc2OC)=C(c2ccc(OC)cc2)C1=O. The quantitative estimate of drug-likeness (QED) is 0.666. The molecule has 1 heterocycles. The number of benzene rings is 2. The van der Waals surface area contributed by atoms with E-state index in [0.29, 0.717) is 27.8 Å². The Bertz CT molecular complexity index is 956. The summed E-state index contributed by atoms with van der Waals surface area (Å²) in [5.74, 6) is 0.292. The molecule has 0 spiro atoms. The zero-order valence-electron chi connectivity index (χ0n) is 16.3. The van der Waals surface area contributed by atoms with Crippen LogP contribution in [0, 0.1) is 0 Å². The molecule has 3 rings (SSSR count). The van der Waals surface area contributed by atoms with E-state index in [1.165, 1.54) is 14.2 Å². The second-order valence-electron chi connectivity index (χ2n) is 6.20. The van der Waals surface area contributed by atoms with Crippen molar-refractivity contribution in [1.82, 2.24) is 4.90 Å². The van der Waals surface area contributed by atoms with Crippen LogP contribution in [0.4, 0.5) is 5.69 Å². The fourth-order valence-electron chi connectivity index (χ4n) is 3.02. The van der Waals surface area contributed by atoms with Crippen molar-refractivity contribution in [3.05, 3.63) is 58.7 Å². The van der Waals surface area contributed by atoms with Gasteiger partial charge in [-0.05, 0) is 35.9 Å². The highest BCUT2D eigenvalue weighted by atomic mass is 35.5. The molecule has 0 aliphatic carbocycles. The van der Waals surface area contributed by atoms with Gasteiger partial charge in [0.05, 0.1) is 38.6 Å². The fourth-order valence-corrected chi connectivity index (χ4v) is 3.19. The number of methoxy groups -OCH3 is 3. The predicted octanol–water partition coefficient (Wildman–Crippen LogP) is 3.20. The highest BCUT2D eigenvalue weighted by Gasteiger charge is 2.39. The number of imide groups is 1. The summed E-state index contributed by atoms with van der Waals surface area (Å²) in [6, 6.07) is 11.9. The van der Waals surface area contributed by atoms with Gasteiger partial charge in [-0.15, -0.1) is 0 Å². The number of nitrogens with one attached hydrogen (secondary N) is 1. The van der Waals surface area contributed by atoms with Crippen LogP contribution in [-0.4, -0.2) is 51.2 Å². The topological polar surface area (TPSA) is 77.1 Å². The van der Waals surface area contributed by atoms with Gasteiger partial charge in [-0.3, -0.25) is 14.5 Å². The third-order valence-electron chi connectivity index (χ3n) is 4.49. The second-order valence-corrected chi connectivity index (χ2v) is 6.64. The van der Waals surface area contributed by atoms with E-state index in [2.05, 4.69) is 5.32 Å². The summed E-state index contributed by atoms with van der Waals surface area (Å²) >= 11 is 6.10. The zero-order chi connectivity index (χ0) is 21.0. The van der Waals surface area contributed by atoms with Crippen LogP contribution < -0.4 is 14.8 Å². The number of carbonyl (C=O) groups is 2. The maximum atomic E-state index is 13.1. The van der Waals surface area contributed by atoms with Crippen molar-refractivity contribution in [3.63, 3.8) is 0 Å². The molecule has 29 heavy (non-hydrogen) atoms. The third-order valence-corrected chi connectivity index (χ3v) is 4.72. The van der Waals surface area contributed by atoms with Crippen LogP contribution in [0.15, 0.2) is 48.2 Å². The minimum absolute atomic E-state index is 0.145. The molecule has 2 aromatic carbocycles. The molecule has 0 unspecified atom stereocenters. The van der Waals surface area contributed by atoms with Crippen molar-refractivity contribution in [1.29, 1.82) is 0 Å². The summed E-state index contributed by atoms with van der Waals surface area (Å²) in [4.78, 5) is 27.3. The molecule has 0 saturated heterocycles. The highest BCUT2D eigenvalue weighted by molar-refractivity contribution is 6.36. The van der Waals surface area contributed by atoms with E-state index >= 15 is 0 Å². The van der Waals surface area contributed by atoms with E-state index in [1.54, 1.807) is 49.6 Å². The van der Waals surface area contributed by atoms with Gasteiger partial charge < -0.3 is 19.5 Å². The Labute approximate surface area is 173 Å². The Kier molecular flexibility index (Phi) is 6.41. The van der Waals surface area contributed by atoms with Crippen molar-refractivity contribution in [2.75, 3.05) is 39.8 Å². The summed E-state index contributed by atoms with van der Waals surface area (Å²) < 4.78 is 15.6. The Balaban J connectivity index is 2.07. The highest BCUT2D eigenvalue weighted by Crippen LogP contribution is 2.35. The molecule has 0 aromatic heterocycles. The monoisotopic (exact) mass is 416 g/mol. The van der Waals surface area contributed by atoms with E-state index in [4.69, 9.17) is 25.8 Å².